The maximum absolute atomic E-state index is 12.5. The van der Waals surface area contributed by atoms with E-state index in [4.69, 9.17) is 4.74 Å². The summed E-state index contributed by atoms with van der Waals surface area (Å²) >= 11 is 0. The lowest BCUT2D eigenvalue weighted by Crippen LogP contribution is -2.72. The molecule has 0 bridgehead atoms. The van der Waals surface area contributed by atoms with Crippen LogP contribution in [-0.4, -0.2) is 38.3 Å². The Kier molecular flexibility index (Phi) is 5.70. The van der Waals surface area contributed by atoms with Crippen LogP contribution in [0, 0.1) is 0 Å². The first-order valence-corrected chi connectivity index (χ1v) is 10.1. The van der Waals surface area contributed by atoms with Gasteiger partial charge in [0.05, 0.1) is 19.6 Å². The van der Waals surface area contributed by atoms with Gasteiger partial charge in [-0.1, -0.05) is 6.07 Å². The molecule has 0 aliphatic carbocycles. The number of benzene rings is 1. The molecule has 1 aliphatic rings. The zero-order chi connectivity index (χ0) is 19.3. The van der Waals surface area contributed by atoms with Crippen LogP contribution < -0.4 is 19.8 Å². The van der Waals surface area contributed by atoms with E-state index in [9.17, 15) is 13.2 Å². The van der Waals surface area contributed by atoms with E-state index >= 15 is 0 Å². The zero-order valence-corrected chi connectivity index (χ0v) is 15.7. The van der Waals surface area contributed by atoms with Gasteiger partial charge in [0.15, 0.2) is 0 Å². The van der Waals surface area contributed by atoms with E-state index < -0.39 is 15.9 Å². The van der Waals surface area contributed by atoms with E-state index in [1.54, 1.807) is 31.2 Å². The summed E-state index contributed by atoms with van der Waals surface area (Å²) in [6.45, 7) is 2.93. The van der Waals surface area contributed by atoms with Crippen molar-refractivity contribution >= 4 is 27.5 Å². The Balaban J connectivity index is 1.79. The highest BCUT2D eigenvalue weighted by atomic mass is 32.2. The lowest BCUT2D eigenvalue weighted by atomic mass is 10.2. The van der Waals surface area contributed by atoms with E-state index in [1.165, 1.54) is 18.3 Å². The molecular weight excluding hydrogens is 368 g/mol. The quantitative estimate of drug-likeness (QED) is 0.657. The van der Waals surface area contributed by atoms with Crippen LogP contribution in [0.25, 0.3) is 0 Å². The number of nitrogens with one attached hydrogen (secondary N) is 3. The molecular formula is C18H21N4O4S+. The van der Waals surface area contributed by atoms with Gasteiger partial charge in [0, 0.05) is 11.9 Å². The summed E-state index contributed by atoms with van der Waals surface area (Å²) in [5.74, 6) is 0.383. The number of amidine groups is 1. The van der Waals surface area contributed by atoms with Crippen LogP contribution in [0.1, 0.15) is 30.1 Å². The lowest BCUT2D eigenvalue weighted by Gasteiger charge is -2.10. The predicted octanol–water partition coefficient (Wildman–Crippen LogP) is 0.284. The van der Waals surface area contributed by atoms with E-state index in [2.05, 4.69) is 20.0 Å². The third-order valence-electron chi connectivity index (χ3n) is 3.90. The largest absolute Gasteiger partial charge is 0.477 e. The fraction of sp³-hybridized carbons (Fsp3) is 0.278. The number of sulfonamides is 1. The molecule has 0 saturated carbocycles. The number of rotatable bonds is 6. The molecule has 0 radical (unpaired) electrons. The Morgan fingerprint density at radius 3 is 2.89 bits per heavy atom. The number of nitrogens with zero attached hydrogens (tertiary/aromatic N) is 1. The summed E-state index contributed by atoms with van der Waals surface area (Å²) in [5, 5.41) is 2.69. The fourth-order valence-corrected chi connectivity index (χ4v) is 3.81. The Hall–Kier alpha value is -2.94. The van der Waals surface area contributed by atoms with Crippen LogP contribution in [-0.2, 0) is 10.0 Å². The molecule has 9 heteroatoms. The molecule has 0 saturated heterocycles. The molecule has 0 spiro atoms. The SMILES string of the molecule is CCOc1ncccc1C(=O)Nc1cccc(S(=O)(=O)NC2=[NH+]CCC2)c1. The molecule has 2 heterocycles. The van der Waals surface area contributed by atoms with Crippen molar-refractivity contribution in [3.8, 4) is 5.88 Å². The summed E-state index contributed by atoms with van der Waals surface area (Å²) in [6, 6.07) is 9.31. The van der Waals surface area contributed by atoms with Gasteiger partial charge in [0.2, 0.25) is 5.88 Å². The smallest absolute Gasteiger partial charge is 0.328 e. The first-order chi connectivity index (χ1) is 13.0. The molecule has 8 nitrogen and oxygen atoms in total. The number of hydrogen-bond acceptors (Lipinski definition) is 5. The van der Waals surface area contributed by atoms with Crippen LogP contribution in [0.2, 0.25) is 0 Å². The predicted molar refractivity (Wildman–Crippen MR) is 100 cm³/mol. The van der Waals surface area contributed by atoms with E-state index in [0.29, 0.717) is 24.6 Å². The van der Waals surface area contributed by atoms with Gasteiger partial charge in [-0.15, -0.1) is 0 Å². The Bertz CT molecular complexity index is 973. The molecule has 3 rings (SSSR count). The van der Waals surface area contributed by atoms with E-state index in [1.807, 2.05) is 0 Å². The topological polar surface area (TPSA) is 111 Å². The maximum Gasteiger partial charge on any atom is 0.328 e. The summed E-state index contributed by atoms with van der Waals surface area (Å²) in [7, 11) is -3.72. The van der Waals surface area contributed by atoms with Crippen molar-refractivity contribution < 1.29 is 22.9 Å². The molecule has 0 atom stereocenters. The van der Waals surface area contributed by atoms with Gasteiger partial charge in [-0.05, 0) is 43.7 Å². The van der Waals surface area contributed by atoms with Gasteiger partial charge in [0.1, 0.15) is 10.5 Å². The van der Waals surface area contributed by atoms with Gasteiger partial charge < -0.3 is 10.1 Å². The Morgan fingerprint density at radius 1 is 1.30 bits per heavy atom. The molecule has 0 fully saturated rings. The number of amides is 1. The minimum atomic E-state index is -3.72. The first kappa shape index (κ1) is 18.8. The molecule has 1 aromatic heterocycles. The van der Waals surface area contributed by atoms with Gasteiger partial charge in [-0.2, -0.15) is 13.1 Å². The van der Waals surface area contributed by atoms with Crippen molar-refractivity contribution in [3.05, 3.63) is 48.2 Å². The average molecular weight is 389 g/mol. The summed E-state index contributed by atoms with van der Waals surface area (Å²) < 4.78 is 32.9. The summed E-state index contributed by atoms with van der Waals surface area (Å²) in [4.78, 5) is 19.7. The number of carbonyl (C=O) groups is 1. The molecule has 1 aromatic carbocycles. The highest BCUT2D eigenvalue weighted by Crippen LogP contribution is 2.19. The number of pyridine rings is 1. The third-order valence-corrected chi connectivity index (χ3v) is 5.29. The van der Waals surface area contributed by atoms with Crippen molar-refractivity contribution in [1.29, 1.82) is 0 Å². The van der Waals surface area contributed by atoms with Gasteiger partial charge in [-0.25, -0.2) is 4.98 Å². The zero-order valence-electron chi connectivity index (χ0n) is 14.9. The molecule has 2 aromatic rings. The summed E-state index contributed by atoms with van der Waals surface area (Å²) in [6.07, 6.45) is 3.09. The monoisotopic (exact) mass is 389 g/mol. The van der Waals surface area contributed by atoms with Crippen LogP contribution in [0.4, 0.5) is 5.69 Å². The van der Waals surface area contributed by atoms with E-state index in [0.717, 1.165) is 13.0 Å². The number of hydrogen-bond donors (Lipinski definition) is 3. The third kappa shape index (κ3) is 4.62. The van der Waals surface area contributed by atoms with Crippen molar-refractivity contribution in [2.75, 3.05) is 18.5 Å². The lowest BCUT2D eigenvalue weighted by molar-refractivity contribution is -0.448. The number of anilines is 1. The number of ether oxygens (including phenoxy) is 1. The van der Waals surface area contributed by atoms with Crippen LogP contribution in [0.5, 0.6) is 5.88 Å². The van der Waals surface area contributed by atoms with Gasteiger partial charge >= 0.3 is 10.0 Å². The average Bonchev–Trinajstić information content (AvgIpc) is 3.15. The standard InChI is InChI=1S/C18H20N4O4S/c1-2-26-18-15(8-4-11-20-18)17(23)21-13-6-3-7-14(12-13)27(24,25)22-16-9-5-10-19-16/h3-4,6-8,11-12H,2,5,9-10H2,1H3,(H,19,22)(H,21,23)/p+1. The normalized spacial score (nSPS) is 13.7. The van der Waals surface area contributed by atoms with Crippen molar-refractivity contribution in [2.45, 2.75) is 24.7 Å². The molecule has 0 unspecified atom stereocenters. The highest BCUT2D eigenvalue weighted by Gasteiger charge is 2.24. The van der Waals surface area contributed by atoms with E-state index in [-0.39, 0.29) is 16.3 Å². The Morgan fingerprint density at radius 2 is 2.15 bits per heavy atom. The van der Waals surface area contributed by atoms with Crippen molar-refractivity contribution in [3.63, 3.8) is 0 Å². The van der Waals surface area contributed by atoms with Crippen LogP contribution >= 0.6 is 0 Å². The molecule has 142 valence electrons. The molecule has 27 heavy (non-hydrogen) atoms. The molecule has 1 amide bonds. The van der Waals surface area contributed by atoms with Crippen molar-refractivity contribution in [2.24, 2.45) is 0 Å². The molecule has 3 N–H and O–H groups in total. The second kappa shape index (κ2) is 8.17. The maximum atomic E-state index is 12.5. The Labute approximate surface area is 157 Å². The highest BCUT2D eigenvalue weighted by molar-refractivity contribution is 7.90. The second-order valence-corrected chi connectivity index (χ2v) is 7.57. The van der Waals surface area contributed by atoms with Gasteiger partial charge in [0.25, 0.3) is 11.7 Å². The number of aromatic nitrogens is 1. The molecule has 1 aliphatic heterocycles. The minimum absolute atomic E-state index is 0.0673. The van der Waals surface area contributed by atoms with Crippen LogP contribution in [0.15, 0.2) is 47.5 Å². The van der Waals surface area contributed by atoms with Crippen molar-refractivity contribution in [1.82, 2.24) is 9.71 Å². The van der Waals surface area contributed by atoms with Crippen LogP contribution in [0.3, 0.4) is 0 Å². The fourth-order valence-electron chi connectivity index (χ4n) is 2.66. The minimum Gasteiger partial charge on any atom is -0.477 e. The van der Waals surface area contributed by atoms with Gasteiger partial charge in [-0.3, -0.25) is 9.79 Å². The summed E-state index contributed by atoms with van der Waals surface area (Å²) in [5.41, 5.74) is 0.634. The first-order valence-electron chi connectivity index (χ1n) is 8.61. The number of carbonyl (C=O) groups excluding carboxylic acids is 1. The second-order valence-electron chi connectivity index (χ2n) is 5.89.